The molecule has 1 aromatic carbocycles. The highest BCUT2D eigenvalue weighted by molar-refractivity contribution is 5.20. The van der Waals surface area contributed by atoms with Crippen molar-refractivity contribution < 1.29 is 0 Å². The number of nitrogens with zero attached hydrogens (tertiary/aromatic N) is 2. The Morgan fingerprint density at radius 2 is 1.90 bits per heavy atom. The molecule has 1 N–H and O–H groups in total. The lowest BCUT2D eigenvalue weighted by molar-refractivity contribution is 0.384. The van der Waals surface area contributed by atoms with Crippen LogP contribution in [0.4, 0.5) is 0 Å². The van der Waals surface area contributed by atoms with E-state index in [0.717, 1.165) is 19.4 Å². The maximum Gasteiger partial charge on any atom is 0.0624 e. The second-order valence-corrected chi connectivity index (χ2v) is 5.73. The van der Waals surface area contributed by atoms with Crippen LogP contribution in [0.3, 0.4) is 0 Å². The maximum atomic E-state index is 4.56. The Morgan fingerprint density at radius 1 is 1.19 bits per heavy atom. The first kappa shape index (κ1) is 15.8. The van der Waals surface area contributed by atoms with Crippen LogP contribution in [0.2, 0.25) is 0 Å². The van der Waals surface area contributed by atoms with Crippen molar-refractivity contribution >= 4 is 0 Å². The van der Waals surface area contributed by atoms with E-state index >= 15 is 0 Å². The van der Waals surface area contributed by atoms with E-state index in [9.17, 15) is 0 Å². The van der Waals surface area contributed by atoms with Crippen LogP contribution in [0, 0.1) is 5.92 Å². The lowest BCUT2D eigenvalue weighted by Gasteiger charge is -2.25. The fourth-order valence-electron chi connectivity index (χ4n) is 2.91. The van der Waals surface area contributed by atoms with Crippen LogP contribution in [0.1, 0.15) is 43.8 Å². The Hall–Kier alpha value is -1.61. The zero-order valence-electron chi connectivity index (χ0n) is 13.6. The van der Waals surface area contributed by atoms with Gasteiger partial charge in [-0.1, -0.05) is 51.1 Å². The van der Waals surface area contributed by atoms with Crippen LogP contribution in [0.25, 0.3) is 0 Å². The van der Waals surface area contributed by atoms with Gasteiger partial charge in [0.25, 0.3) is 0 Å². The van der Waals surface area contributed by atoms with Gasteiger partial charge < -0.3 is 5.32 Å². The molecule has 0 aliphatic carbocycles. The molecule has 2 rings (SSSR count). The summed E-state index contributed by atoms with van der Waals surface area (Å²) in [7, 11) is 2.05. The van der Waals surface area contributed by atoms with Crippen LogP contribution >= 0.6 is 0 Å². The van der Waals surface area contributed by atoms with Crippen LogP contribution in [0.5, 0.6) is 0 Å². The molecule has 1 aromatic heterocycles. The molecule has 0 aliphatic rings. The van der Waals surface area contributed by atoms with Crippen molar-refractivity contribution in [1.29, 1.82) is 0 Å². The van der Waals surface area contributed by atoms with Crippen molar-refractivity contribution in [2.75, 3.05) is 6.54 Å². The van der Waals surface area contributed by atoms with Gasteiger partial charge in [0.1, 0.15) is 0 Å². The molecule has 2 atom stereocenters. The molecule has 0 saturated carbocycles. The molecule has 0 aliphatic heterocycles. The molecule has 0 radical (unpaired) electrons. The van der Waals surface area contributed by atoms with Gasteiger partial charge in [-0.05, 0) is 36.9 Å². The fraction of sp³-hybridized carbons (Fsp3) is 0.500. The second kappa shape index (κ2) is 7.41. The molecule has 21 heavy (non-hydrogen) atoms. The quantitative estimate of drug-likeness (QED) is 0.843. The second-order valence-electron chi connectivity index (χ2n) is 5.73. The Labute approximate surface area is 128 Å². The van der Waals surface area contributed by atoms with Gasteiger partial charge >= 0.3 is 0 Å². The first-order chi connectivity index (χ1) is 10.2. The smallest absolute Gasteiger partial charge is 0.0624 e. The molecule has 3 nitrogen and oxygen atoms in total. The monoisotopic (exact) mass is 285 g/mol. The number of aromatic nitrogens is 2. The SMILES string of the molecule is CCNC(c1ccccc1)C(C)Cc1cc(CC)nn1C. The van der Waals surface area contributed by atoms with E-state index in [1.54, 1.807) is 0 Å². The minimum absolute atomic E-state index is 0.385. The molecular weight excluding hydrogens is 258 g/mol. The normalized spacial score (nSPS) is 14.1. The third-order valence-corrected chi connectivity index (χ3v) is 4.07. The number of benzene rings is 1. The molecule has 3 heteroatoms. The van der Waals surface area contributed by atoms with E-state index < -0.39 is 0 Å². The first-order valence-corrected chi connectivity index (χ1v) is 7.95. The largest absolute Gasteiger partial charge is 0.310 e. The van der Waals surface area contributed by atoms with Gasteiger partial charge in [-0.25, -0.2) is 0 Å². The molecule has 114 valence electrons. The third-order valence-electron chi connectivity index (χ3n) is 4.07. The molecule has 2 aromatic rings. The number of hydrogen-bond acceptors (Lipinski definition) is 2. The molecule has 0 spiro atoms. The number of rotatable bonds is 7. The van der Waals surface area contributed by atoms with E-state index in [2.05, 4.69) is 67.6 Å². The van der Waals surface area contributed by atoms with Crippen molar-refractivity contribution in [3.63, 3.8) is 0 Å². The van der Waals surface area contributed by atoms with E-state index in [4.69, 9.17) is 0 Å². The topological polar surface area (TPSA) is 29.9 Å². The van der Waals surface area contributed by atoms with Crippen molar-refractivity contribution in [2.24, 2.45) is 13.0 Å². The summed E-state index contributed by atoms with van der Waals surface area (Å²) in [5, 5.41) is 8.19. The van der Waals surface area contributed by atoms with Crippen molar-refractivity contribution in [3.05, 3.63) is 53.3 Å². The van der Waals surface area contributed by atoms with E-state index in [-0.39, 0.29) is 0 Å². The highest BCUT2D eigenvalue weighted by Gasteiger charge is 2.20. The standard InChI is InChI=1S/C18H27N3/c1-5-16-13-17(21(4)20-16)12-14(3)18(19-6-2)15-10-8-7-9-11-15/h7-11,13-14,18-19H,5-6,12H2,1-4H3. The lowest BCUT2D eigenvalue weighted by atomic mass is 9.90. The first-order valence-electron chi connectivity index (χ1n) is 7.95. The number of aryl methyl sites for hydroxylation is 2. The minimum Gasteiger partial charge on any atom is -0.310 e. The molecule has 1 heterocycles. The summed E-state index contributed by atoms with van der Waals surface area (Å²) in [5.41, 5.74) is 3.86. The minimum atomic E-state index is 0.385. The predicted molar refractivity (Wildman–Crippen MR) is 88.3 cm³/mol. The fourth-order valence-corrected chi connectivity index (χ4v) is 2.91. The number of nitrogens with one attached hydrogen (secondary N) is 1. The van der Waals surface area contributed by atoms with Gasteiger partial charge in [-0.3, -0.25) is 4.68 Å². The van der Waals surface area contributed by atoms with E-state index in [1.807, 2.05) is 11.7 Å². The van der Waals surface area contributed by atoms with Gasteiger partial charge in [0.2, 0.25) is 0 Å². The Morgan fingerprint density at radius 3 is 2.48 bits per heavy atom. The maximum absolute atomic E-state index is 4.56. The van der Waals surface area contributed by atoms with Gasteiger partial charge in [0.15, 0.2) is 0 Å². The molecule has 0 amide bonds. The summed E-state index contributed by atoms with van der Waals surface area (Å²) in [6.07, 6.45) is 2.04. The summed E-state index contributed by atoms with van der Waals surface area (Å²) < 4.78 is 2.03. The summed E-state index contributed by atoms with van der Waals surface area (Å²) in [4.78, 5) is 0. The molecule has 0 fully saturated rings. The third kappa shape index (κ3) is 3.94. The summed E-state index contributed by atoms with van der Waals surface area (Å²) >= 11 is 0. The molecule has 2 unspecified atom stereocenters. The predicted octanol–water partition coefficient (Wildman–Crippen LogP) is 3.51. The number of hydrogen-bond donors (Lipinski definition) is 1. The van der Waals surface area contributed by atoms with Gasteiger partial charge in [0.05, 0.1) is 5.69 Å². The van der Waals surface area contributed by atoms with Gasteiger partial charge in [-0.2, -0.15) is 5.10 Å². The van der Waals surface area contributed by atoms with Gasteiger partial charge in [-0.15, -0.1) is 0 Å². The van der Waals surface area contributed by atoms with Crippen LogP contribution in [0.15, 0.2) is 36.4 Å². The van der Waals surface area contributed by atoms with Crippen LogP contribution in [-0.4, -0.2) is 16.3 Å². The highest BCUT2D eigenvalue weighted by Crippen LogP contribution is 2.25. The average molecular weight is 285 g/mol. The highest BCUT2D eigenvalue weighted by atomic mass is 15.3. The van der Waals surface area contributed by atoms with Crippen molar-refractivity contribution in [2.45, 2.75) is 39.7 Å². The zero-order chi connectivity index (χ0) is 15.2. The molecule has 0 bridgehead atoms. The van der Waals surface area contributed by atoms with Crippen LogP contribution in [-0.2, 0) is 19.9 Å². The van der Waals surface area contributed by atoms with Crippen molar-refractivity contribution in [3.8, 4) is 0 Å². The molecular formula is C18H27N3. The Balaban J connectivity index is 2.15. The summed E-state index contributed by atoms with van der Waals surface area (Å²) in [6, 6.07) is 13.4. The van der Waals surface area contributed by atoms with Gasteiger partial charge in [0, 0.05) is 18.8 Å². The lowest BCUT2D eigenvalue weighted by Crippen LogP contribution is -2.28. The zero-order valence-corrected chi connectivity index (χ0v) is 13.6. The summed E-state index contributed by atoms with van der Waals surface area (Å²) in [5.74, 6) is 0.521. The summed E-state index contributed by atoms with van der Waals surface area (Å²) in [6.45, 7) is 7.62. The van der Waals surface area contributed by atoms with E-state index in [0.29, 0.717) is 12.0 Å². The Bertz CT molecular complexity index is 545. The average Bonchev–Trinajstić information content (AvgIpc) is 2.86. The Kier molecular flexibility index (Phi) is 5.57. The van der Waals surface area contributed by atoms with E-state index in [1.165, 1.54) is 17.0 Å². The van der Waals surface area contributed by atoms with Crippen LogP contribution < -0.4 is 5.32 Å². The molecule has 0 saturated heterocycles. The van der Waals surface area contributed by atoms with Crippen molar-refractivity contribution in [1.82, 2.24) is 15.1 Å².